The molecule has 1 aliphatic heterocycles. The van der Waals surface area contributed by atoms with E-state index in [1.54, 1.807) is 12.1 Å². The number of likely N-dealkylation sites (tertiary alicyclic amines) is 1. The summed E-state index contributed by atoms with van der Waals surface area (Å²) in [5.41, 5.74) is 0.743. The van der Waals surface area contributed by atoms with Gasteiger partial charge in [-0.1, -0.05) is 12.1 Å². The van der Waals surface area contributed by atoms with Gasteiger partial charge in [0.25, 0.3) is 5.69 Å². The first kappa shape index (κ1) is 11.6. The molecule has 1 aliphatic rings. The SMILES string of the molecule is O=C(Cc1cccc([N+](=O)[O-])c1)N1CCCC1. The second-order valence-corrected chi connectivity index (χ2v) is 4.19. The van der Waals surface area contributed by atoms with E-state index in [4.69, 9.17) is 0 Å². The van der Waals surface area contributed by atoms with Crippen LogP contribution in [0.1, 0.15) is 18.4 Å². The zero-order valence-electron chi connectivity index (χ0n) is 9.46. The summed E-state index contributed by atoms with van der Waals surface area (Å²) < 4.78 is 0. The van der Waals surface area contributed by atoms with Crippen LogP contribution in [0.4, 0.5) is 5.69 Å². The summed E-state index contributed by atoms with van der Waals surface area (Å²) in [7, 11) is 0. The molecule has 1 heterocycles. The number of amides is 1. The molecule has 1 amide bonds. The Bertz CT molecular complexity index is 439. The number of carbonyl (C=O) groups excluding carboxylic acids is 1. The largest absolute Gasteiger partial charge is 0.342 e. The molecule has 0 radical (unpaired) electrons. The zero-order valence-corrected chi connectivity index (χ0v) is 9.46. The Morgan fingerprint density at radius 3 is 2.71 bits per heavy atom. The van der Waals surface area contributed by atoms with E-state index in [0.29, 0.717) is 5.56 Å². The third kappa shape index (κ3) is 2.81. The number of nitro benzene ring substituents is 1. The molecule has 0 aliphatic carbocycles. The van der Waals surface area contributed by atoms with Crippen molar-refractivity contribution in [1.82, 2.24) is 4.90 Å². The molecule has 1 aromatic carbocycles. The highest BCUT2D eigenvalue weighted by molar-refractivity contribution is 5.79. The minimum atomic E-state index is -0.441. The average molecular weight is 234 g/mol. The van der Waals surface area contributed by atoms with Crippen LogP contribution in [-0.4, -0.2) is 28.8 Å². The fraction of sp³-hybridized carbons (Fsp3) is 0.417. The fourth-order valence-electron chi connectivity index (χ4n) is 2.03. The monoisotopic (exact) mass is 234 g/mol. The Balaban J connectivity index is 2.05. The van der Waals surface area contributed by atoms with Gasteiger partial charge in [0.15, 0.2) is 0 Å². The van der Waals surface area contributed by atoms with Crippen molar-refractivity contribution >= 4 is 11.6 Å². The van der Waals surface area contributed by atoms with Crippen LogP contribution in [0.15, 0.2) is 24.3 Å². The van der Waals surface area contributed by atoms with Crippen molar-refractivity contribution in [2.75, 3.05) is 13.1 Å². The summed E-state index contributed by atoms with van der Waals surface area (Å²) in [6.45, 7) is 1.63. The lowest BCUT2D eigenvalue weighted by molar-refractivity contribution is -0.384. The van der Waals surface area contributed by atoms with Gasteiger partial charge in [0.2, 0.25) is 5.91 Å². The highest BCUT2D eigenvalue weighted by Crippen LogP contribution is 2.15. The van der Waals surface area contributed by atoms with Crippen molar-refractivity contribution in [3.8, 4) is 0 Å². The van der Waals surface area contributed by atoms with Gasteiger partial charge in [-0.25, -0.2) is 0 Å². The van der Waals surface area contributed by atoms with E-state index >= 15 is 0 Å². The first-order valence-corrected chi connectivity index (χ1v) is 5.68. The third-order valence-corrected chi connectivity index (χ3v) is 2.94. The average Bonchev–Trinajstić information content (AvgIpc) is 2.82. The topological polar surface area (TPSA) is 63.4 Å². The van der Waals surface area contributed by atoms with Gasteiger partial charge >= 0.3 is 0 Å². The van der Waals surface area contributed by atoms with Gasteiger partial charge in [0.1, 0.15) is 0 Å². The van der Waals surface area contributed by atoms with Crippen LogP contribution in [0.25, 0.3) is 0 Å². The number of rotatable bonds is 3. The van der Waals surface area contributed by atoms with Gasteiger partial charge in [0.05, 0.1) is 11.3 Å². The van der Waals surface area contributed by atoms with E-state index in [-0.39, 0.29) is 18.0 Å². The minimum absolute atomic E-state index is 0.0386. The van der Waals surface area contributed by atoms with E-state index in [9.17, 15) is 14.9 Å². The first-order valence-electron chi connectivity index (χ1n) is 5.68. The summed E-state index contributed by atoms with van der Waals surface area (Å²) in [4.78, 5) is 23.8. The second kappa shape index (κ2) is 4.95. The molecule has 0 spiro atoms. The highest BCUT2D eigenvalue weighted by atomic mass is 16.6. The predicted molar refractivity (Wildman–Crippen MR) is 62.6 cm³/mol. The van der Waals surface area contributed by atoms with Gasteiger partial charge in [-0.2, -0.15) is 0 Å². The van der Waals surface area contributed by atoms with Crippen LogP contribution < -0.4 is 0 Å². The molecule has 0 N–H and O–H groups in total. The molecule has 0 atom stereocenters. The van der Waals surface area contributed by atoms with E-state index < -0.39 is 4.92 Å². The van der Waals surface area contributed by atoms with Gasteiger partial charge in [-0.3, -0.25) is 14.9 Å². The molecular weight excluding hydrogens is 220 g/mol. The summed E-state index contributed by atoms with van der Waals surface area (Å²) >= 11 is 0. The van der Waals surface area contributed by atoms with Gasteiger partial charge in [-0.15, -0.1) is 0 Å². The summed E-state index contributed by atoms with van der Waals surface area (Å²) in [6, 6.07) is 6.27. The lowest BCUT2D eigenvalue weighted by Gasteiger charge is -2.14. The van der Waals surface area contributed by atoms with Gasteiger partial charge in [-0.05, 0) is 18.4 Å². The molecule has 0 aromatic heterocycles. The summed E-state index contributed by atoms with van der Waals surface area (Å²) in [5, 5.41) is 10.6. The molecule has 0 unspecified atom stereocenters. The van der Waals surface area contributed by atoms with Crippen molar-refractivity contribution in [3.05, 3.63) is 39.9 Å². The van der Waals surface area contributed by atoms with Crippen molar-refractivity contribution in [3.63, 3.8) is 0 Å². The number of nitro groups is 1. The minimum Gasteiger partial charge on any atom is -0.342 e. The van der Waals surface area contributed by atoms with E-state index in [0.717, 1.165) is 25.9 Å². The molecule has 5 heteroatoms. The number of carbonyl (C=O) groups is 1. The molecule has 17 heavy (non-hydrogen) atoms. The molecule has 2 rings (SSSR count). The molecule has 1 saturated heterocycles. The number of nitrogens with zero attached hydrogens (tertiary/aromatic N) is 2. The summed E-state index contributed by atoms with van der Waals surface area (Å²) in [5.74, 6) is 0.0583. The van der Waals surface area contributed by atoms with E-state index in [1.165, 1.54) is 12.1 Å². The maximum Gasteiger partial charge on any atom is 0.269 e. The van der Waals surface area contributed by atoms with Crippen molar-refractivity contribution in [1.29, 1.82) is 0 Å². The third-order valence-electron chi connectivity index (χ3n) is 2.94. The molecule has 90 valence electrons. The smallest absolute Gasteiger partial charge is 0.269 e. The van der Waals surface area contributed by atoms with Crippen molar-refractivity contribution < 1.29 is 9.72 Å². The Hall–Kier alpha value is -1.91. The van der Waals surface area contributed by atoms with Crippen molar-refractivity contribution in [2.45, 2.75) is 19.3 Å². The molecule has 1 fully saturated rings. The lowest BCUT2D eigenvalue weighted by Crippen LogP contribution is -2.29. The quantitative estimate of drug-likeness (QED) is 0.591. The maximum absolute atomic E-state index is 11.9. The zero-order chi connectivity index (χ0) is 12.3. The van der Waals surface area contributed by atoms with Crippen LogP contribution in [0.2, 0.25) is 0 Å². The first-order chi connectivity index (χ1) is 8.16. The molecule has 5 nitrogen and oxygen atoms in total. The second-order valence-electron chi connectivity index (χ2n) is 4.19. The predicted octanol–water partition coefficient (Wildman–Crippen LogP) is 1.76. The summed E-state index contributed by atoms with van der Waals surface area (Å²) in [6.07, 6.45) is 2.36. The Labute approximate surface area is 99.2 Å². The number of hydrogen-bond acceptors (Lipinski definition) is 3. The number of hydrogen-bond donors (Lipinski definition) is 0. The standard InChI is InChI=1S/C12H14N2O3/c15-12(13-6-1-2-7-13)9-10-4-3-5-11(8-10)14(16)17/h3-5,8H,1-2,6-7,9H2. The van der Waals surface area contributed by atoms with Crippen LogP contribution in [0.5, 0.6) is 0 Å². The Morgan fingerprint density at radius 2 is 2.06 bits per heavy atom. The number of benzene rings is 1. The van der Waals surface area contributed by atoms with Gasteiger partial charge in [0, 0.05) is 25.2 Å². The molecule has 0 saturated carbocycles. The van der Waals surface area contributed by atoms with Crippen LogP contribution in [0.3, 0.4) is 0 Å². The van der Waals surface area contributed by atoms with Crippen LogP contribution >= 0.6 is 0 Å². The molecule has 0 bridgehead atoms. The van der Waals surface area contributed by atoms with Crippen LogP contribution in [0, 0.1) is 10.1 Å². The van der Waals surface area contributed by atoms with E-state index in [1.807, 2.05) is 4.90 Å². The normalized spacial score (nSPS) is 14.9. The maximum atomic E-state index is 11.9. The number of non-ortho nitro benzene ring substituents is 1. The van der Waals surface area contributed by atoms with Gasteiger partial charge < -0.3 is 4.90 Å². The highest BCUT2D eigenvalue weighted by Gasteiger charge is 2.18. The molecule has 1 aromatic rings. The Kier molecular flexibility index (Phi) is 3.37. The van der Waals surface area contributed by atoms with Crippen LogP contribution in [-0.2, 0) is 11.2 Å². The Morgan fingerprint density at radius 1 is 1.35 bits per heavy atom. The fourth-order valence-corrected chi connectivity index (χ4v) is 2.03. The van der Waals surface area contributed by atoms with Crippen molar-refractivity contribution in [2.24, 2.45) is 0 Å². The lowest BCUT2D eigenvalue weighted by atomic mass is 10.1. The molecular formula is C12H14N2O3. The van der Waals surface area contributed by atoms with E-state index in [2.05, 4.69) is 0 Å².